The van der Waals surface area contributed by atoms with Crippen LogP contribution in [0.1, 0.15) is 25.6 Å². The topological polar surface area (TPSA) is 69.0 Å². The third-order valence-electron chi connectivity index (χ3n) is 4.24. The van der Waals surface area contributed by atoms with Crippen LogP contribution in [0.15, 0.2) is 64.6 Å². The second-order valence-corrected chi connectivity index (χ2v) is 8.62. The molecule has 0 fully saturated rings. The minimum atomic E-state index is -0.0700. The Labute approximate surface area is 185 Å². The molecule has 158 valence electrons. The smallest absolute Gasteiger partial charge is 0.234 e. The minimum absolute atomic E-state index is 0.0700. The summed E-state index contributed by atoms with van der Waals surface area (Å²) in [5.41, 5.74) is 1.80. The summed E-state index contributed by atoms with van der Waals surface area (Å²) < 4.78 is 7.17. The molecule has 0 spiro atoms. The first-order valence-corrected chi connectivity index (χ1v) is 11.8. The Bertz CT molecular complexity index is 947. The Morgan fingerprint density at radius 3 is 2.60 bits per heavy atom. The molecule has 8 heteroatoms. The minimum Gasteiger partial charge on any atom is -0.377 e. The monoisotopic (exact) mass is 442 g/mol. The van der Waals surface area contributed by atoms with Gasteiger partial charge in [0, 0.05) is 17.7 Å². The van der Waals surface area contributed by atoms with E-state index in [4.69, 9.17) is 4.74 Å². The normalized spacial score (nSPS) is 10.9. The van der Waals surface area contributed by atoms with Crippen LogP contribution in [0.5, 0.6) is 0 Å². The van der Waals surface area contributed by atoms with Crippen molar-refractivity contribution in [1.29, 1.82) is 0 Å². The number of anilines is 1. The molecule has 2 aromatic carbocycles. The zero-order chi connectivity index (χ0) is 21.2. The molecule has 0 bridgehead atoms. The van der Waals surface area contributed by atoms with Crippen LogP contribution in [0.2, 0.25) is 0 Å². The summed E-state index contributed by atoms with van der Waals surface area (Å²) in [5.74, 6) is 1.91. The van der Waals surface area contributed by atoms with Gasteiger partial charge in [0.05, 0.1) is 11.4 Å². The van der Waals surface area contributed by atoms with Crippen molar-refractivity contribution >= 4 is 35.1 Å². The maximum Gasteiger partial charge on any atom is 0.234 e. The number of aromatic nitrogens is 3. The Hall–Kier alpha value is -2.29. The van der Waals surface area contributed by atoms with Crippen LogP contribution in [0.25, 0.3) is 5.69 Å². The largest absolute Gasteiger partial charge is 0.377 e. The van der Waals surface area contributed by atoms with Crippen molar-refractivity contribution in [2.45, 2.75) is 36.4 Å². The molecule has 0 saturated heterocycles. The molecule has 1 heterocycles. The molecule has 0 atom stereocenters. The molecular weight excluding hydrogens is 416 g/mol. The molecule has 1 N–H and O–H groups in total. The zero-order valence-electron chi connectivity index (χ0n) is 17.2. The van der Waals surface area contributed by atoms with Gasteiger partial charge >= 0.3 is 0 Å². The van der Waals surface area contributed by atoms with Crippen molar-refractivity contribution in [3.63, 3.8) is 0 Å². The van der Waals surface area contributed by atoms with E-state index in [9.17, 15) is 4.79 Å². The number of nitrogens with one attached hydrogen (secondary N) is 1. The third-order valence-corrected chi connectivity index (χ3v) is 6.33. The van der Waals surface area contributed by atoms with Crippen molar-refractivity contribution in [1.82, 2.24) is 14.8 Å². The van der Waals surface area contributed by atoms with E-state index in [1.165, 1.54) is 11.8 Å². The molecule has 1 amide bonds. The van der Waals surface area contributed by atoms with Gasteiger partial charge in [-0.05, 0) is 36.4 Å². The number of thioether (sulfide) groups is 2. The van der Waals surface area contributed by atoms with Gasteiger partial charge in [0.2, 0.25) is 5.91 Å². The van der Waals surface area contributed by atoms with Gasteiger partial charge in [-0.25, -0.2) is 0 Å². The van der Waals surface area contributed by atoms with Crippen LogP contribution in [0, 0.1) is 0 Å². The molecular formula is C22H26N4O2S2. The predicted octanol–water partition coefficient (Wildman–Crippen LogP) is 5.04. The Kier molecular flexibility index (Phi) is 8.80. The molecule has 1 aromatic heterocycles. The molecule has 0 saturated carbocycles. The van der Waals surface area contributed by atoms with E-state index in [2.05, 4.69) is 22.4 Å². The SMILES string of the molecule is CCCCSc1ccccc1NC(=O)CSc1nnc(COC)n1-c1ccccc1. The van der Waals surface area contributed by atoms with Crippen LogP contribution in [0.3, 0.4) is 0 Å². The van der Waals surface area contributed by atoms with Gasteiger partial charge in [-0.15, -0.1) is 22.0 Å². The number of unbranched alkanes of at least 4 members (excludes halogenated alkanes) is 1. The van der Waals surface area contributed by atoms with Crippen molar-refractivity contribution in [3.8, 4) is 5.69 Å². The highest BCUT2D eigenvalue weighted by molar-refractivity contribution is 8.00. The second-order valence-electron chi connectivity index (χ2n) is 6.54. The van der Waals surface area contributed by atoms with Gasteiger partial charge in [0.15, 0.2) is 11.0 Å². The van der Waals surface area contributed by atoms with E-state index >= 15 is 0 Å². The molecule has 0 aliphatic heterocycles. The molecule has 30 heavy (non-hydrogen) atoms. The van der Waals surface area contributed by atoms with E-state index in [1.54, 1.807) is 18.9 Å². The first-order chi connectivity index (χ1) is 14.7. The van der Waals surface area contributed by atoms with E-state index in [-0.39, 0.29) is 11.7 Å². The quantitative estimate of drug-likeness (QED) is 0.332. The van der Waals surface area contributed by atoms with Crippen LogP contribution in [0.4, 0.5) is 5.69 Å². The second kappa shape index (κ2) is 11.8. The van der Waals surface area contributed by atoms with Crippen LogP contribution >= 0.6 is 23.5 Å². The average Bonchev–Trinajstić information content (AvgIpc) is 3.17. The highest BCUT2D eigenvalue weighted by Crippen LogP contribution is 2.28. The fourth-order valence-corrected chi connectivity index (χ4v) is 4.66. The molecule has 0 unspecified atom stereocenters. The number of carbonyl (C=O) groups is 1. The maximum atomic E-state index is 12.6. The molecule has 3 aromatic rings. The number of hydrogen-bond acceptors (Lipinski definition) is 6. The summed E-state index contributed by atoms with van der Waals surface area (Å²) in [6.07, 6.45) is 2.31. The number of nitrogens with zero attached hydrogens (tertiary/aromatic N) is 3. The standard InChI is InChI=1S/C22H26N4O2S2/c1-3-4-14-29-19-13-9-8-12-18(19)23-21(27)16-30-22-25-24-20(15-28-2)26(22)17-10-6-5-7-11-17/h5-13H,3-4,14-16H2,1-2H3,(H,23,27). The number of rotatable bonds is 11. The van der Waals surface area contributed by atoms with Crippen LogP contribution in [-0.4, -0.2) is 39.3 Å². The van der Waals surface area contributed by atoms with Gasteiger partial charge in [0.1, 0.15) is 6.61 Å². The van der Waals surface area contributed by atoms with Gasteiger partial charge in [-0.1, -0.05) is 55.4 Å². The number of hydrogen-bond donors (Lipinski definition) is 1. The Morgan fingerprint density at radius 2 is 1.83 bits per heavy atom. The number of methoxy groups -OCH3 is 1. The van der Waals surface area contributed by atoms with Gasteiger partial charge in [-0.2, -0.15) is 0 Å². The lowest BCUT2D eigenvalue weighted by Crippen LogP contribution is -2.15. The van der Waals surface area contributed by atoms with Crippen LogP contribution < -0.4 is 5.32 Å². The van der Waals surface area contributed by atoms with Gasteiger partial charge in [0.25, 0.3) is 0 Å². The van der Waals surface area contributed by atoms with E-state index < -0.39 is 0 Å². The summed E-state index contributed by atoms with van der Waals surface area (Å²) in [6.45, 7) is 2.52. The number of para-hydroxylation sites is 2. The van der Waals surface area contributed by atoms with E-state index in [0.717, 1.165) is 34.9 Å². The molecule has 0 aliphatic rings. The molecule has 0 radical (unpaired) electrons. The number of benzene rings is 2. The molecule has 6 nitrogen and oxygen atoms in total. The van der Waals surface area contributed by atoms with Crippen molar-refractivity contribution in [2.24, 2.45) is 0 Å². The third kappa shape index (κ3) is 6.10. The Balaban J connectivity index is 1.67. The lowest BCUT2D eigenvalue weighted by Gasteiger charge is -2.11. The average molecular weight is 443 g/mol. The van der Waals surface area contributed by atoms with Gasteiger partial charge in [-0.3, -0.25) is 9.36 Å². The van der Waals surface area contributed by atoms with Crippen molar-refractivity contribution in [3.05, 3.63) is 60.4 Å². The lowest BCUT2D eigenvalue weighted by molar-refractivity contribution is -0.113. The first-order valence-electron chi connectivity index (χ1n) is 9.86. The van der Waals surface area contributed by atoms with Crippen molar-refractivity contribution in [2.75, 3.05) is 23.9 Å². The lowest BCUT2D eigenvalue weighted by atomic mass is 10.3. The highest BCUT2D eigenvalue weighted by atomic mass is 32.2. The highest BCUT2D eigenvalue weighted by Gasteiger charge is 2.16. The first kappa shape index (κ1) is 22.4. The number of amides is 1. The summed E-state index contributed by atoms with van der Waals surface area (Å²) >= 11 is 3.13. The van der Waals surface area contributed by atoms with Gasteiger partial charge < -0.3 is 10.1 Å². The summed E-state index contributed by atoms with van der Waals surface area (Å²) in [4.78, 5) is 13.7. The fourth-order valence-electron chi connectivity index (χ4n) is 2.79. The van der Waals surface area contributed by atoms with E-state index in [0.29, 0.717) is 17.6 Å². The molecule has 3 rings (SSSR count). The predicted molar refractivity (Wildman–Crippen MR) is 123 cm³/mol. The summed E-state index contributed by atoms with van der Waals surface area (Å²) in [6, 6.07) is 17.8. The number of carbonyl (C=O) groups excluding carboxylic acids is 1. The maximum absolute atomic E-state index is 12.6. The molecule has 0 aliphatic carbocycles. The zero-order valence-corrected chi connectivity index (χ0v) is 18.8. The van der Waals surface area contributed by atoms with Crippen LogP contribution in [-0.2, 0) is 16.1 Å². The summed E-state index contributed by atoms with van der Waals surface area (Å²) in [7, 11) is 1.63. The summed E-state index contributed by atoms with van der Waals surface area (Å²) in [5, 5.41) is 12.2. The number of ether oxygens (including phenoxy) is 1. The van der Waals surface area contributed by atoms with Crippen molar-refractivity contribution < 1.29 is 9.53 Å². The van der Waals surface area contributed by atoms with E-state index in [1.807, 2.05) is 59.2 Å². The Morgan fingerprint density at radius 1 is 1.07 bits per heavy atom. The fraction of sp³-hybridized carbons (Fsp3) is 0.318.